The standard InChI is InChI=1S/C14H16N2O/c1-10(2)12-3-4-13(16-12)14(17)9-11-5-7-15-8-6-11/h3-8,10,16H,9H2,1-2H3. The van der Waals surface area contributed by atoms with Crippen LogP contribution in [-0.4, -0.2) is 15.8 Å². The number of pyridine rings is 1. The average Bonchev–Trinajstić information content (AvgIpc) is 2.79. The molecule has 2 aromatic heterocycles. The Bertz CT molecular complexity index is 500. The van der Waals surface area contributed by atoms with Crippen LogP contribution < -0.4 is 0 Å². The molecule has 3 nitrogen and oxygen atoms in total. The maximum Gasteiger partial charge on any atom is 0.183 e. The third-order valence-corrected chi connectivity index (χ3v) is 2.75. The van der Waals surface area contributed by atoms with Gasteiger partial charge in [0.15, 0.2) is 5.78 Å². The molecule has 0 aliphatic rings. The molecular formula is C14H16N2O. The first kappa shape index (κ1) is 11.6. The second-order valence-corrected chi connectivity index (χ2v) is 4.44. The summed E-state index contributed by atoms with van der Waals surface area (Å²) in [7, 11) is 0. The minimum Gasteiger partial charge on any atom is -0.356 e. The Morgan fingerprint density at radius 1 is 1.24 bits per heavy atom. The van der Waals surface area contributed by atoms with Crippen LogP contribution in [0.4, 0.5) is 0 Å². The van der Waals surface area contributed by atoms with E-state index in [-0.39, 0.29) is 5.78 Å². The summed E-state index contributed by atoms with van der Waals surface area (Å²) in [5, 5.41) is 0. The predicted molar refractivity (Wildman–Crippen MR) is 67.2 cm³/mol. The molecule has 0 saturated carbocycles. The van der Waals surface area contributed by atoms with Crippen molar-refractivity contribution in [3.8, 4) is 0 Å². The lowest BCUT2D eigenvalue weighted by Crippen LogP contribution is -2.04. The van der Waals surface area contributed by atoms with E-state index in [0.717, 1.165) is 11.3 Å². The van der Waals surface area contributed by atoms with Crippen molar-refractivity contribution in [1.82, 2.24) is 9.97 Å². The van der Waals surface area contributed by atoms with Gasteiger partial charge in [0, 0.05) is 24.5 Å². The van der Waals surface area contributed by atoms with E-state index in [4.69, 9.17) is 0 Å². The summed E-state index contributed by atoms with van der Waals surface area (Å²) < 4.78 is 0. The molecule has 0 bridgehead atoms. The fraction of sp³-hybridized carbons (Fsp3) is 0.286. The minimum atomic E-state index is 0.114. The maximum absolute atomic E-state index is 12.0. The van der Waals surface area contributed by atoms with Gasteiger partial charge in [0.05, 0.1) is 5.69 Å². The fourth-order valence-corrected chi connectivity index (χ4v) is 1.69. The molecule has 2 rings (SSSR count). The second-order valence-electron chi connectivity index (χ2n) is 4.44. The van der Waals surface area contributed by atoms with E-state index in [1.807, 2.05) is 24.3 Å². The number of Topliss-reactive ketones (excluding diaryl/α,β-unsaturated/α-hetero) is 1. The second kappa shape index (κ2) is 4.95. The molecule has 0 radical (unpaired) electrons. The average molecular weight is 228 g/mol. The SMILES string of the molecule is CC(C)c1ccc(C(=O)Cc2ccncc2)[nH]1. The van der Waals surface area contributed by atoms with Gasteiger partial charge in [0.25, 0.3) is 0 Å². The van der Waals surface area contributed by atoms with Crippen LogP contribution in [0.2, 0.25) is 0 Å². The summed E-state index contributed by atoms with van der Waals surface area (Å²) in [6, 6.07) is 7.57. The Balaban J connectivity index is 2.10. The van der Waals surface area contributed by atoms with Gasteiger partial charge >= 0.3 is 0 Å². The van der Waals surface area contributed by atoms with Crippen molar-refractivity contribution in [3.05, 3.63) is 53.6 Å². The summed E-state index contributed by atoms with van der Waals surface area (Å²) in [4.78, 5) is 19.1. The number of nitrogens with one attached hydrogen (secondary N) is 1. The molecule has 0 aromatic carbocycles. The van der Waals surface area contributed by atoms with Gasteiger partial charge in [0.2, 0.25) is 0 Å². The molecule has 0 saturated heterocycles. The molecule has 0 fully saturated rings. The first-order valence-corrected chi connectivity index (χ1v) is 5.78. The van der Waals surface area contributed by atoms with E-state index in [2.05, 4.69) is 23.8 Å². The van der Waals surface area contributed by atoms with Gasteiger partial charge in [-0.15, -0.1) is 0 Å². The van der Waals surface area contributed by atoms with Crippen molar-refractivity contribution in [2.45, 2.75) is 26.2 Å². The number of carbonyl (C=O) groups is 1. The van der Waals surface area contributed by atoms with Gasteiger partial charge in [0.1, 0.15) is 0 Å². The van der Waals surface area contributed by atoms with Crippen LogP contribution in [0.3, 0.4) is 0 Å². The normalized spacial score (nSPS) is 10.8. The van der Waals surface area contributed by atoms with Crippen molar-refractivity contribution < 1.29 is 4.79 Å². The van der Waals surface area contributed by atoms with E-state index in [0.29, 0.717) is 18.0 Å². The van der Waals surface area contributed by atoms with Crippen molar-refractivity contribution in [2.75, 3.05) is 0 Å². The third kappa shape index (κ3) is 2.81. The van der Waals surface area contributed by atoms with Crippen LogP contribution in [0, 0.1) is 0 Å². The zero-order valence-corrected chi connectivity index (χ0v) is 10.1. The zero-order valence-electron chi connectivity index (χ0n) is 10.1. The third-order valence-electron chi connectivity index (χ3n) is 2.75. The van der Waals surface area contributed by atoms with Crippen LogP contribution in [-0.2, 0) is 6.42 Å². The molecule has 2 heterocycles. The molecule has 3 heteroatoms. The lowest BCUT2D eigenvalue weighted by molar-refractivity contribution is 0.0988. The number of aromatic amines is 1. The van der Waals surface area contributed by atoms with Crippen LogP contribution in [0.15, 0.2) is 36.7 Å². The van der Waals surface area contributed by atoms with E-state index in [1.54, 1.807) is 12.4 Å². The van der Waals surface area contributed by atoms with E-state index < -0.39 is 0 Å². The lowest BCUT2D eigenvalue weighted by atomic mass is 10.1. The highest BCUT2D eigenvalue weighted by Crippen LogP contribution is 2.14. The first-order chi connectivity index (χ1) is 8.16. The highest BCUT2D eigenvalue weighted by molar-refractivity contribution is 5.95. The Labute approximate surface area is 101 Å². The van der Waals surface area contributed by atoms with Crippen molar-refractivity contribution in [2.24, 2.45) is 0 Å². The molecule has 0 atom stereocenters. The Kier molecular flexibility index (Phi) is 3.38. The summed E-state index contributed by atoms with van der Waals surface area (Å²) in [6.45, 7) is 4.20. The Morgan fingerprint density at radius 3 is 2.53 bits per heavy atom. The topological polar surface area (TPSA) is 45.8 Å². The van der Waals surface area contributed by atoms with E-state index in [9.17, 15) is 4.79 Å². The molecule has 17 heavy (non-hydrogen) atoms. The van der Waals surface area contributed by atoms with Crippen LogP contribution in [0.25, 0.3) is 0 Å². The summed E-state index contributed by atoms with van der Waals surface area (Å²) in [5.41, 5.74) is 2.78. The van der Waals surface area contributed by atoms with E-state index in [1.165, 1.54) is 0 Å². The summed E-state index contributed by atoms with van der Waals surface area (Å²) in [6.07, 6.45) is 3.83. The van der Waals surface area contributed by atoms with Crippen molar-refractivity contribution in [1.29, 1.82) is 0 Å². The Hall–Kier alpha value is -1.90. The Morgan fingerprint density at radius 2 is 1.94 bits per heavy atom. The number of hydrogen-bond acceptors (Lipinski definition) is 2. The number of carbonyl (C=O) groups excluding carboxylic acids is 1. The fourth-order valence-electron chi connectivity index (χ4n) is 1.69. The smallest absolute Gasteiger partial charge is 0.183 e. The molecule has 0 unspecified atom stereocenters. The molecule has 0 amide bonds. The van der Waals surface area contributed by atoms with Gasteiger partial charge in [-0.05, 0) is 35.7 Å². The number of ketones is 1. The van der Waals surface area contributed by atoms with Gasteiger partial charge in [-0.2, -0.15) is 0 Å². The number of nitrogens with zero attached hydrogens (tertiary/aromatic N) is 1. The molecule has 2 aromatic rings. The monoisotopic (exact) mass is 228 g/mol. The maximum atomic E-state index is 12.0. The first-order valence-electron chi connectivity index (χ1n) is 5.78. The number of rotatable bonds is 4. The van der Waals surface area contributed by atoms with Crippen LogP contribution in [0.5, 0.6) is 0 Å². The van der Waals surface area contributed by atoms with Gasteiger partial charge < -0.3 is 4.98 Å². The molecule has 0 spiro atoms. The molecule has 1 N–H and O–H groups in total. The zero-order chi connectivity index (χ0) is 12.3. The molecule has 0 aliphatic carbocycles. The van der Waals surface area contributed by atoms with Crippen LogP contribution >= 0.6 is 0 Å². The van der Waals surface area contributed by atoms with E-state index >= 15 is 0 Å². The summed E-state index contributed by atoms with van der Waals surface area (Å²) >= 11 is 0. The molecule has 0 aliphatic heterocycles. The largest absolute Gasteiger partial charge is 0.356 e. The quantitative estimate of drug-likeness (QED) is 0.818. The lowest BCUT2D eigenvalue weighted by Gasteiger charge is -2.01. The van der Waals surface area contributed by atoms with Gasteiger partial charge in [-0.25, -0.2) is 0 Å². The number of aromatic nitrogens is 2. The van der Waals surface area contributed by atoms with Gasteiger partial charge in [-0.3, -0.25) is 9.78 Å². The summed E-state index contributed by atoms with van der Waals surface area (Å²) in [5.74, 6) is 0.528. The minimum absolute atomic E-state index is 0.114. The predicted octanol–water partition coefficient (Wildman–Crippen LogP) is 2.96. The molecular weight excluding hydrogens is 212 g/mol. The molecule has 88 valence electrons. The van der Waals surface area contributed by atoms with Crippen molar-refractivity contribution >= 4 is 5.78 Å². The van der Waals surface area contributed by atoms with Gasteiger partial charge in [-0.1, -0.05) is 13.8 Å². The van der Waals surface area contributed by atoms with Crippen LogP contribution in [0.1, 0.15) is 41.5 Å². The highest BCUT2D eigenvalue weighted by atomic mass is 16.1. The van der Waals surface area contributed by atoms with Crippen molar-refractivity contribution in [3.63, 3.8) is 0 Å². The number of hydrogen-bond donors (Lipinski definition) is 1. The highest BCUT2D eigenvalue weighted by Gasteiger charge is 2.10. The number of H-pyrrole nitrogens is 1.